The van der Waals surface area contributed by atoms with Gasteiger partial charge < -0.3 is 20.3 Å². The number of carbonyl (C=O) groups is 2. The van der Waals surface area contributed by atoms with Crippen LogP contribution in [0, 0.1) is 0 Å². The summed E-state index contributed by atoms with van der Waals surface area (Å²) in [5.74, 6) is -0.672. The molecule has 0 bridgehead atoms. The number of amides is 1. The Bertz CT molecular complexity index is 796. The van der Waals surface area contributed by atoms with Crippen LogP contribution in [0.4, 0.5) is 11.4 Å². The second-order valence-electron chi connectivity index (χ2n) is 5.83. The van der Waals surface area contributed by atoms with Gasteiger partial charge in [0.25, 0.3) is 5.91 Å². The number of methoxy groups -OCH3 is 1. The summed E-state index contributed by atoms with van der Waals surface area (Å²) in [7, 11) is 5.18. The molecule has 0 saturated carbocycles. The van der Waals surface area contributed by atoms with Crippen molar-refractivity contribution in [2.24, 2.45) is 0 Å². The molecule has 2 N–H and O–H groups in total. The van der Waals surface area contributed by atoms with Gasteiger partial charge in [0.05, 0.1) is 40.8 Å². The summed E-state index contributed by atoms with van der Waals surface area (Å²) in [6, 6.07) is 6.42. The van der Waals surface area contributed by atoms with Crippen molar-refractivity contribution >= 4 is 34.9 Å². The van der Waals surface area contributed by atoms with E-state index in [1.165, 1.54) is 13.3 Å². The van der Waals surface area contributed by atoms with Crippen molar-refractivity contribution in [3.05, 3.63) is 52.8 Å². The summed E-state index contributed by atoms with van der Waals surface area (Å²) < 4.78 is 4.71. The molecule has 2 rings (SSSR count). The Morgan fingerprint density at radius 1 is 1.19 bits per heavy atom. The van der Waals surface area contributed by atoms with E-state index in [-0.39, 0.29) is 5.91 Å². The van der Waals surface area contributed by atoms with Gasteiger partial charge in [-0.1, -0.05) is 11.6 Å². The monoisotopic (exact) mass is 376 g/mol. The van der Waals surface area contributed by atoms with Crippen LogP contribution < -0.4 is 10.6 Å². The third-order valence-electron chi connectivity index (χ3n) is 3.51. The predicted octanol–water partition coefficient (Wildman–Crippen LogP) is 2.56. The Morgan fingerprint density at radius 2 is 1.96 bits per heavy atom. The van der Waals surface area contributed by atoms with Crippen molar-refractivity contribution in [1.29, 1.82) is 0 Å². The molecule has 0 aliphatic rings. The Balaban J connectivity index is 2.13. The average Bonchev–Trinajstić information content (AvgIpc) is 2.62. The fraction of sp³-hybridized carbons (Fsp3) is 0.278. The first-order chi connectivity index (χ1) is 12.4. The number of pyridine rings is 1. The number of likely N-dealkylation sites (N-methyl/N-ethyl adjacent to an activating group) is 1. The van der Waals surface area contributed by atoms with Crippen molar-refractivity contribution in [3.8, 4) is 0 Å². The van der Waals surface area contributed by atoms with Gasteiger partial charge in [-0.2, -0.15) is 0 Å². The predicted molar refractivity (Wildman–Crippen MR) is 101 cm³/mol. The van der Waals surface area contributed by atoms with E-state index >= 15 is 0 Å². The van der Waals surface area contributed by atoms with Gasteiger partial charge in [0.1, 0.15) is 0 Å². The number of hydrogen-bond acceptors (Lipinski definition) is 6. The first-order valence-electron chi connectivity index (χ1n) is 7.93. The maximum absolute atomic E-state index is 12.2. The first-order valence-corrected chi connectivity index (χ1v) is 8.31. The number of benzene rings is 1. The molecule has 0 radical (unpaired) electrons. The van der Waals surface area contributed by atoms with Crippen molar-refractivity contribution in [2.45, 2.75) is 0 Å². The molecule has 0 aliphatic carbocycles. The second kappa shape index (κ2) is 9.17. The summed E-state index contributed by atoms with van der Waals surface area (Å²) >= 11 is 6.18. The molecular formula is C18H21ClN4O3. The zero-order chi connectivity index (χ0) is 19.1. The number of nitrogens with one attached hydrogen (secondary N) is 2. The topological polar surface area (TPSA) is 83.6 Å². The van der Waals surface area contributed by atoms with Crippen LogP contribution in [0.3, 0.4) is 0 Å². The van der Waals surface area contributed by atoms with Gasteiger partial charge in [0.2, 0.25) is 0 Å². The van der Waals surface area contributed by atoms with E-state index in [1.54, 1.807) is 30.5 Å². The minimum atomic E-state index is -0.461. The van der Waals surface area contributed by atoms with Gasteiger partial charge >= 0.3 is 5.97 Å². The van der Waals surface area contributed by atoms with Crippen LogP contribution in [0.2, 0.25) is 5.02 Å². The summed E-state index contributed by atoms with van der Waals surface area (Å²) in [6.45, 7) is 1.28. The van der Waals surface area contributed by atoms with Gasteiger partial charge in [0.15, 0.2) is 0 Å². The summed E-state index contributed by atoms with van der Waals surface area (Å²) in [6.07, 6.45) is 3.06. The number of ether oxygens (including phenoxy) is 1. The number of esters is 1. The second-order valence-corrected chi connectivity index (χ2v) is 6.24. The Hall–Kier alpha value is -2.64. The van der Waals surface area contributed by atoms with Crippen molar-refractivity contribution < 1.29 is 14.3 Å². The van der Waals surface area contributed by atoms with Crippen LogP contribution in [0.1, 0.15) is 20.7 Å². The summed E-state index contributed by atoms with van der Waals surface area (Å²) in [5.41, 5.74) is 1.88. The molecule has 138 valence electrons. The molecule has 1 heterocycles. The Labute approximate surface area is 157 Å². The Morgan fingerprint density at radius 3 is 2.65 bits per heavy atom. The standard InChI is InChI=1S/C18H21ClN4O3/c1-23(2)7-6-21-17(24)13-8-14(11-20-10-13)22-16-9-12(18(25)26-3)4-5-15(16)19/h4-5,8-11,22H,6-7H2,1-3H3,(H,21,24). The van der Waals surface area contributed by atoms with Crippen molar-refractivity contribution in [3.63, 3.8) is 0 Å². The third-order valence-corrected chi connectivity index (χ3v) is 3.84. The molecule has 0 fully saturated rings. The highest BCUT2D eigenvalue weighted by molar-refractivity contribution is 6.33. The number of hydrogen-bond donors (Lipinski definition) is 2. The SMILES string of the molecule is COC(=O)c1ccc(Cl)c(Nc2cncc(C(=O)NCCN(C)C)c2)c1. The molecular weight excluding hydrogens is 356 g/mol. The zero-order valence-electron chi connectivity index (χ0n) is 14.9. The molecule has 8 heteroatoms. The maximum Gasteiger partial charge on any atom is 0.337 e. The van der Waals surface area contributed by atoms with Gasteiger partial charge in [-0.3, -0.25) is 9.78 Å². The van der Waals surface area contributed by atoms with E-state index in [0.717, 1.165) is 6.54 Å². The molecule has 0 spiro atoms. The van der Waals surface area contributed by atoms with E-state index in [9.17, 15) is 9.59 Å². The zero-order valence-corrected chi connectivity index (χ0v) is 15.6. The maximum atomic E-state index is 12.2. The molecule has 2 aromatic rings. The number of anilines is 2. The van der Waals surface area contributed by atoms with E-state index in [2.05, 4.69) is 15.6 Å². The lowest BCUT2D eigenvalue weighted by atomic mass is 10.2. The highest BCUT2D eigenvalue weighted by atomic mass is 35.5. The van der Waals surface area contributed by atoms with Crippen LogP contribution in [0.15, 0.2) is 36.7 Å². The van der Waals surface area contributed by atoms with Gasteiger partial charge in [-0.15, -0.1) is 0 Å². The third kappa shape index (κ3) is 5.44. The normalized spacial score (nSPS) is 10.5. The van der Waals surface area contributed by atoms with Gasteiger partial charge in [0, 0.05) is 19.3 Å². The minimum Gasteiger partial charge on any atom is -0.465 e. The number of rotatable bonds is 7. The van der Waals surface area contributed by atoms with E-state index in [4.69, 9.17) is 16.3 Å². The van der Waals surface area contributed by atoms with Gasteiger partial charge in [-0.05, 0) is 38.4 Å². The number of aromatic nitrogens is 1. The fourth-order valence-corrected chi connectivity index (χ4v) is 2.31. The highest BCUT2D eigenvalue weighted by Crippen LogP contribution is 2.27. The molecule has 1 amide bonds. The lowest BCUT2D eigenvalue weighted by molar-refractivity contribution is 0.0600. The minimum absolute atomic E-state index is 0.211. The summed E-state index contributed by atoms with van der Waals surface area (Å²) in [4.78, 5) is 29.9. The summed E-state index contributed by atoms with van der Waals surface area (Å²) in [5, 5.41) is 6.33. The van der Waals surface area contributed by atoms with Gasteiger partial charge in [-0.25, -0.2) is 4.79 Å². The van der Waals surface area contributed by atoms with Crippen LogP contribution in [0.5, 0.6) is 0 Å². The quantitative estimate of drug-likeness (QED) is 0.722. The molecule has 0 unspecified atom stereocenters. The smallest absolute Gasteiger partial charge is 0.337 e. The molecule has 1 aromatic carbocycles. The lowest BCUT2D eigenvalue weighted by Gasteiger charge is -2.12. The first kappa shape index (κ1) is 19.7. The molecule has 1 aromatic heterocycles. The van der Waals surface area contributed by atoms with Crippen LogP contribution in [-0.4, -0.2) is 56.1 Å². The van der Waals surface area contributed by atoms with E-state index in [1.807, 2.05) is 19.0 Å². The molecule has 0 atom stereocenters. The Kier molecular flexibility index (Phi) is 6.94. The molecule has 0 aliphatic heterocycles. The average molecular weight is 377 g/mol. The number of nitrogens with zero attached hydrogens (tertiary/aromatic N) is 2. The van der Waals surface area contributed by atoms with E-state index < -0.39 is 5.97 Å². The highest BCUT2D eigenvalue weighted by Gasteiger charge is 2.11. The lowest BCUT2D eigenvalue weighted by Crippen LogP contribution is -2.31. The van der Waals surface area contributed by atoms with Crippen molar-refractivity contribution in [1.82, 2.24) is 15.2 Å². The van der Waals surface area contributed by atoms with Crippen LogP contribution in [0.25, 0.3) is 0 Å². The van der Waals surface area contributed by atoms with E-state index in [0.29, 0.717) is 34.1 Å². The molecule has 7 nitrogen and oxygen atoms in total. The fourth-order valence-electron chi connectivity index (χ4n) is 2.15. The molecule has 0 saturated heterocycles. The number of carbonyl (C=O) groups excluding carboxylic acids is 2. The van der Waals surface area contributed by atoms with Crippen molar-refractivity contribution in [2.75, 3.05) is 39.6 Å². The van der Waals surface area contributed by atoms with Crippen LogP contribution >= 0.6 is 11.6 Å². The van der Waals surface area contributed by atoms with Crippen LogP contribution in [-0.2, 0) is 4.74 Å². The molecule has 26 heavy (non-hydrogen) atoms. The largest absolute Gasteiger partial charge is 0.465 e. The number of halogens is 1.